The van der Waals surface area contributed by atoms with E-state index in [1.807, 2.05) is 53.8 Å². The Morgan fingerprint density at radius 3 is 2.39 bits per heavy atom. The zero-order chi connectivity index (χ0) is 15.7. The molecule has 1 aromatic heterocycles. The Bertz CT molecular complexity index is 675. The van der Waals surface area contributed by atoms with Gasteiger partial charge in [-0.05, 0) is 38.8 Å². The number of carbonyl (C=O) groups excluding carboxylic acids is 1. The van der Waals surface area contributed by atoms with Crippen LogP contribution < -0.4 is 5.73 Å². The van der Waals surface area contributed by atoms with Crippen molar-refractivity contribution in [1.82, 2.24) is 14.7 Å². The molecule has 1 amide bonds. The van der Waals surface area contributed by atoms with Gasteiger partial charge in [0.1, 0.15) is 0 Å². The molecule has 6 heteroatoms. The lowest BCUT2D eigenvalue weighted by Gasteiger charge is -2.30. The van der Waals surface area contributed by atoms with E-state index in [0.717, 1.165) is 48.6 Å². The largest absolute Gasteiger partial charge is 0.338 e. The van der Waals surface area contributed by atoms with Crippen LogP contribution in [0.5, 0.6) is 0 Å². The van der Waals surface area contributed by atoms with Gasteiger partial charge in [-0.3, -0.25) is 4.79 Å². The van der Waals surface area contributed by atoms with E-state index >= 15 is 0 Å². The molecule has 0 saturated carbocycles. The average Bonchev–Trinajstić information content (AvgIpc) is 2.83. The van der Waals surface area contributed by atoms with E-state index in [1.54, 1.807) is 0 Å². The normalized spacial score (nSPS) is 15.3. The van der Waals surface area contributed by atoms with Gasteiger partial charge in [-0.2, -0.15) is 5.10 Å². The van der Waals surface area contributed by atoms with E-state index in [2.05, 4.69) is 5.10 Å². The fraction of sp³-hybridized carbons (Fsp3) is 0.412. The van der Waals surface area contributed by atoms with E-state index in [1.165, 1.54) is 0 Å². The Kier molecular flexibility index (Phi) is 5.44. The molecule has 1 saturated heterocycles. The summed E-state index contributed by atoms with van der Waals surface area (Å²) in [6.45, 7) is 5.32. The van der Waals surface area contributed by atoms with Crippen LogP contribution in [0.2, 0.25) is 0 Å². The van der Waals surface area contributed by atoms with Crippen molar-refractivity contribution in [2.75, 3.05) is 13.1 Å². The lowest BCUT2D eigenvalue weighted by molar-refractivity contribution is 0.0713. The van der Waals surface area contributed by atoms with Crippen molar-refractivity contribution < 1.29 is 4.79 Å². The van der Waals surface area contributed by atoms with Gasteiger partial charge in [0.2, 0.25) is 0 Å². The van der Waals surface area contributed by atoms with Crippen LogP contribution in [0.3, 0.4) is 0 Å². The number of rotatable bonds is 2. The maximum absolute atomic E-state index is 12.8. The zero-order valence-electron chi connectivity index (χ0n) is 13.5. The number of benzene rings is 1. The van der Waals surface area contributed by atoms with E-state index in [4.69, 9.17) is 5.73 Å². The number of para-hydroxylation sites is 1. The SMILES string of the molecule is Cc1nn(-c2ccccc2)c(C)c1C(=O)N1CCC(N)CC1.Cl. The molecular weight excluding hydrogens is 312 g/mol. The third-order valence-corrected chi connectivity index (χ3v) is 4.33. The number of piperidine rings is 1. The van der Waals surface area contributed by atoms with Gasteiger partial charge >= 0.3 is 0 Å². The Morgan fingerprint density at radius 1 is 1.17 bits per heavy atom. The van der Waals surface area contributed by atoms with Crippen LogP contribution in [0.25, 0.3) is 5.69 Å². The number of halogens is 1. The van der Waals surface area contributed by atoms with Gasteiger partial charge in [0.05, 0.1) is 22.6 Å². The van der Waals surface area contributed by atoms with Crippen LogP contribution in [-0.4, -0.2) is 39.7 Å². The molecule has 0 aliphatic carbocycles. The number of nitrogens with two attached hydrogens (primary N) is 1. The summed E-state index contributed by atoms with van der Waals surface area (Å²) in [6.07, 6.45) is 1.74. The number of amides is 1. The predicted octanol–water partition coefficient (Wildman–Crippen LogP) is 2.47. The van der Waals surface area contributed by atoms with Gasteiger partial charge in [0.25, 0.3) is 5.91 Å². The lowest BCUT2D eigenvalue weighted by Crippen LogP contribution is -2.43. The minimum absolute atomic E-state index is 0. The second kappa shape index (κ2) is 7.15. The molecule has 1 aromatic carbocycles. The van der Waals surface area contributed by atoms with Crippen LogP contribution >= 0.6 is 12.4 Å². The number of nitrogens with zero attached hydrogens (tertiary/aromatic N) is 3. The first kappa shape index (κ1) is 17.5. The summed E-state index contributed by atoms with van der Waals surface area (Å²) in [6, 6.07) is 10.1. The molecule has 0 bridgehead atoms. The van der Waals surface area contributed by atoms with E-state index in [9.17, 15) is 4.79 Å². The Morgan fingerprint density at radius 2 is 1.78 bits per heavy atom. The standard InChI is InChI=1S/C17H22N4O.ClH/c1-12-16(17(22)20-10-8-14(18)9-11-20)13(2)21(19-12)15-6-4-3-5-7-15;/h3-7,14H,8-11,18H2,1-2H3;1H. The summed E-state index contributed by atoms with van der Waals surface area (Å²) in [5, 5.41) is 4.56. The number of likely N-dealkylation sites (tertiary alicyclic amines) is 1. The fourth-order valence-corrected chi connectivity index (χ4v) is 3.03. The quantitative estimate of drug-likeness (QED) is 0.917. The molecule has 0 atom stereocenters. The summed E-state index contributed by atoms with van der Waals surface area (Å²) in [7, 11) is 0. The van der Waals surface area contributed by atoms with Crippen LogP contribution in [0, 0.1) is 13.8 Å². The van der Waals surface area contributed by atoms with E-state index in [-0.39, 0.29) is 24.4 Å². The van der Waals surface area contributed by atoms with Gasteiger partial charge in [0, 0.05) is 19.1 Å². The van der Waals surface area contributed by atoms with Crippen molar-refractivity contribution in [3.8, 4) is 5.69 Å². The lowest BCUT2D eigenvalue weighted by atomic mass is 10.0. The first-order chi connectivity index (χ1) is 10.6. The molecule has 2 aromatic rings. The Labute approximate surface area is 142 Å². The van der Waals surface area contributed by atoms with Crippen LogP contribution in [0.1, 0.15) is 34.6 Å². The third-order valence-electron chi connectivity index (χ3n) is 4.33. The fourth-order valence-electron chi connectivity index (χ4n) is 3.03. The van der Waals surface area contributed by atoms with E-state index < -0.39 is 0 Å². The summed E-state index contributed by atoms with van der Waals surface area (Å²) < 4.78 is 1.85. The monoisotopic (exact) mass is 334 g/mol. The van der Waals surface area contributed by atoms with Crippen molar-refractivity contribution in [2.24, 2.45) is 5.73 Å². The molecule has 23 heavy (non-hydrogen) atoms. The zero-order valence-corrected chi connectivity index (χ0v) is 14.3. The number of aromatic nitrogens is 2. The number of aryl methyl sites for hydroxylation is 1. The molecule has 2 heterocycles. The third kappa shape index (κ3) is 3.41. The maximum Gasteiger partial charge on any atom is 0.257 e. The molecule has 0 radical (unpaired) electrons. The topological polar surface area (TPSA) is 64.2 Å². The summed E-state index contributed by atoms with van der Waals surface area (Å²) in [5.74, 6) is 0.0732. The average molecular weight is 335 g/mol. The highest BCUT2D eigenvalue weighted by atomic mass is 35.5. The molecular formula is C17H23ClN4O. The summed E-state index contributed by atoms with van der Waals surface area (Å²) >= 11 is 0. The molecule has 0 unspecified atom stereocenters. The van der Waals surface area contributed by atoms with Crippen molar-refractivity contribution in [2.45, 2.75) is 32.7 Å². The number of hydrogen-bond acceptors (Lipinski definition) is 3. The van der Waals surface area contributed by atoms with Crippen LogP contribution in [0.15, 0.2) is 30.3 Å². The minimum atomic E-state index is 0. The van der Waals surface area contributed by atoms with Crippen molar-refractivity contribution in [3.63, 3.8) is 0 Å². The predicted molar refractivity (Wildman–Crippen MR) is 93.4 cm³/mol. The molecule has 1 fully saturated rings. The minimum Gasteiger partial charge on any atom is -0.338 e. The van der Waals surface area contributed by atoms with Gasteiger partial charge in [-0.25, -0.2) is 4.68 Å². The molecule has 1 aliphatic heterocycles. The van der Waals surface area contributed by atoms with Gasteiger partial charge < -0.3 is 10.6 Å². The first-order valence-electron chi connectivity index (χ1n) is 7.74. The maximum atomic E-state index is 12.8. The molecule has 0 spiro atoms. The molecule has 3 rings (SSSR count). The molecule has 5 nitrogen and oxygen atoms in total. The van der Waals surface area contributed by atoms with Gasteiger partial charge in [-0.15, -0.1) is 12.4 Å². The molecule has 1 aliphatic rings. The second-order valence-electron chi connectivity index (χ2n) is 5.92. The molecule has 124 valence electrons. The van der Waals surface area contributed by atoms with Gasteiger partial charge in [-0.1, -0.05) is 18.2 Å². The highest BCUT2D eigenvalue weighted by Crippen LogP contribution is 2.21. The van der Waals surface area contributed by atoms with Crippen molar-refractivity contribution in [3.05, 3.63) is 47.3 Å². The summed E-state index contributed by atoms with van der Waals surface area (Å²) in [4.78, 5) is 14.7. The number of hydrogen-bond donors (Lipinski definition) is 1. The summed E-state index contributed by atoms with van der Waals surface area (Å²) in [5.41, 5.74) is 9.29. The highest BCUT2D eigenvalue weighted by Gasteiger charge is 2.26. The molecule has 2 N–H and O–H groups in total. The number of carbonyl (C=O) groups is 1. The Hall–Kier alpha value is -1.85. The van der Waals surface area contributed by atoms with E-state index in [0.29, 0.717) is 0 Å². The van der Waals surface area contributed by atoms with Crippen molar-refractivity contribution >= 4 is 18.3 Å². The smallest absolute Gasteiger partial charge is 0.257 e. The van der Waals surface area contributed by atoms with Gasteiger partial charge in [0.15, 0.2) is 0 Å². The van der Waals surface area contributed by atoms with Crippen LogP contribution in [-0.2, 0) is 0 Å². The van der Waals surface area contributed by atoms with Crippen molar-refractivity contribution in [1.29, 1.82) is 0 Å². The second-order valence-corrected chi connectivity index (χ2v) is 5.92. The van der Waals surface area contributed by atoms with Crippen LogP contribution in [0.4, 0.5) is 0 Å². The highest BCUT2D eigenvalue weighted by molar-refractivity contribution is 5.96. The first-order valence-corrected chi connectivity index (χ1v) is 7.74. The Balaban J connectivity index is 0.00000192.